The lowest BCUT2D eigenvalue weighted by atomic mass is 9.86. The quantitative estimate of drug-likeness (QED) is 0.253. The van der Waals surface area contributed by atoms with Crippen LogP contribution < -0.4 is 4.90 Å². The second-order valence-electron chi connectivity index (χ2n) is 8.01. The van der Waals surface area contributed by atoms with Crippen LogP contribution in [0.2, 0.25) is 5.02 Å². The van der Waals surface area contributed by atoms with Gasteiger partial charge in [-0.05, 0) is 60.0 Å². The van der Waals surface area contributed by atoms with Crippen LogP contribution in [0.15, 0.2) is 115 Å². The molecule has 0 aromatic heterocycles. The van der Waals surface area contributed by atoms with Gasteiger partial charge in [0.05, 0.1) is 30.3 Å². The van der Waals surface area contributed by atoms with Gasteiger partial charge in [0, 0.05) is 22.7 Å². The van der Waals surface area contributed by atoms with Gasteiger partial charge in [-0.3, -0.25) is 0 Å². The summed E-state index contributed by atoms with van der Waals surface area (Å²) in [5.41, 5.74) is 6.95. The number of hydrogen-bond acceptors (Lipinski definition) is 4. The van der Waals surface area contributed by atoms with Gasteiger partial charge >= 0.3 is 5.97 Å². The zero-order valence-electron chi connectivity index (χ0n) is 19.8. The fraction of sp³-hybridized carbons (Fsp3) is 0.100. The first-order valence-electron chi connectivity index (χ1n) is 11.2. The molecule has 1 aliphatic heterocycles. The van der Waals surface area contributed by atoms with Crippen LogP contribution in [0.1, 0.15) is 28.4 Å². The number of anilines is 2. The predicted octanol–water partition coefficient (Wildman–Crippen LogP) is 7.85. The topological polar surface area (TPSA) is 38.8 Å². The van der Waals surface area contributed by atoms with Crippen LogP contribution in [0.25, 0.3) is 5.57 Å². The second-order valence-corrected chi connectivity index (χ2v) is 8.45. The molecular weight excluding hydrogens is 458 g/mol. The Morgan fingerprint density at radius 1 is 1.06 bits per heavy atom. The summed E-state index contributed by atoms with van der Waals surface area (Å²) >= 11 is 6.43. The molecule has 0 aliphatic carbocycles. The van der Waals surface area contributed by atoms with E-state index >= 15 is 0 Å². The Morgan fingerprint density at radius 3 is 2.43 bits per heavy atom. The maximum Gasteiger partial charge on any atom is 0.337 e. The molecule has 0 radical (unpaired) electrons. The van der Waals surface area contributed by atoms with Crippen molar-refractivity contribution in [3.63, 3.8) is 0 Å². The number of ether oxygens (including phenoxy) is 2. The van der Waals surface area contributed by atoms with Crippen LogP contribution in [-0.4, -0.2) is 13.1 Å². The van der Waals surface area contributed by atoms with Crippen molar-refractivity contribution < 1.29 is 14.3 Å². The van der Waals surface area contributed by atoms with E-state index in [4.69, 9.17) is 21.1 Å². The average Bonchev–Trinajstić information content (AvgIpc) is 2.89. The summed E-state index contributed by atoms with van der Waals surface area (Å²) in [7, 11) is 1.37. The van der Waals surface area contributed by atoms with Gasteiger partial charge in [-0.15, -0.1) is 0 Å². The van der Waals surface area contributed by atoms with Crippen molar-refractivity contribution in [3.8, 4) is 0 Å². The third-order valence-electron chi connectivity index (χ3n) is 5.78. The second kappa shape index (κ2) is 10.5. The first-order valence-corrected chi connectivity index (χ1v) is 11.5. The number of esters is 1. The van der Waals surface area contributed by atoms with E-state index in [-0.39, 0.29) is 5.97 Å². The predicted molar refractivity (Wildman–Crippen MR) is 143 cm³/mol. The number of allylic oxidation sites excluding steroid dienone is 3. The van der Waals surface area contributed by atoms with Crippen molar-refractivity contribution >= 4 is 34.5 Å². The van der Waals surface area contributed by atoms with Gasteiger partial charge in [-0.25, -0.2) is 4.79 Å². The molecular formula is C30H26ClNO3. The summed E-state index contributed by atoms with van der Waals surface area (Å²) in [4.78, 5) is 14.0. The first kappa shape index (κ1) is 24.1. The number of nitrogens with zero attached hydrogens (tertiary/aromatic N) is 1. The number of rotatable bonds is 7. The van der Waals surface area contributed by atoms with Crippen molar-refractivity contribution in [3.05, 3.63) is 137 Å². The number of carbonyl (C=O) groups is 1. The monoisotopic (exact) mass is 483 g/mol. The summed E-state index contributed by atoms with van der Waals surface area (Å²) < 4.78 is 10.7. The van der Waals surface area contributed by atoms with E-state index < -0.39 is 0 Å². The van der Waals surface area contributed by atoms with Gasteiger partial charge in [-0.1, -0.05) is 67.2 Å². The van der Waals surface area contributed by atoms with Crippen molar-refractivity contribution in [2.24, 2.45) is 0 Å². The highest BCUT2D eigenvalue weighted by atomic mass is 35.5. The number of para-hydroxylation sites is 1. The number of benzene rings is 3. The molecule has 35 heavy (non-hydrogen) atoms. The highest BCUT2D eigenvalue weighted by Crippen LogP contribution is 2.47. The number of fused-ring (bicyclic) bond motifs is 1. The number of carbonyl (C=O) groups excluding carboxylic acids is 1. The molecule has 4 nitrogen and oxygen atoms in total. The molecule has 0 unspecified atom stereocenters. The SMILES string of the molecule is C=C(O/C=C\C)C1=C(Cc2ccc(C(=O)OC)cc2)C(=C)c2ccc(Cl)cc2N1c1ccccc1. The van der Waals surface area contributed by atoms with Gasteiger partial charge in [0.25, 0.3) is 0 Å². The minimum atomic E-state index is -0.368. The van der Waals surface area contributed by atoms with Crippen LogP contribution in [0.4, 0.5) is 11.4 Å². The molecule has 4 rings (SSSR count). The number of hydrogen-bond donors (Lipinski definition) is 0. The minimum absolute atomic E-state index is 0.368. The molecule has 1 aliphatic rings. The zero-order valence-corrected chi connectivity index (χ0v) is 20.5. The van der Waals surface area contributed by atoms with Gasteiger partial charge in [0.15, 0.2) is 0 Å². The Hall–Kier alpha value is -4.02. The Morgan fingerprint density at radius 2 is 1.77 bits per heavy atom. The Labute approximate surface area is 211 Å². The van der Waals surface area contributed by atoms with E-state index in [9.17, 15) is 4.79 Å². The highest BCUT2D eigenvalue weighted by molar-refractivity contribution is 6.31. The lowest BCUT2D eigenvalue weighted by Crippen LogP contribution is -2.26. The average molecular weight is 484 g/mol. The zero-order chi connectivity index (χ0) is 24.9. The third kappa shape index (κ3) is 4.93. The molecule has 5 heteroatoms. The Balaban J connectivity index is 1.90. The first-order chi connectivity index (χ1) is 16.9. The lowest BCUT2D eigenvalue weighted by molar-refractivity contribution is 0.0600. The van der Waals surface area contributed by atoms with Crippen molar-refractivity contribution in [2.45, 2.75) is 13.3 Å². The molecule has 0 spiro atoms. The van der Waals surface area contributed by atoms with Crippen LogP contribution >= 0.6 is 11.6 Å². The van der Waals surface area contributed by atoms with Crippen LogP contribution in [-0.2, 0) is 15.9 Å². The van der Waals surface area contributed by atoms with Crippen LogP contribution in [0.5, 0.6) is 0 Å². The smallest absolute Gasteiger partial charge is 0.337 e. The molecule has 0 bridgehead atoms. The fourth-order valence-electron chi connectivity index (χ4n) is 4.12. The molecule has 176 valence electrons. The standard InChI is InChI=1S/C30H26ClNO3/c1-5-17-35-21(3)29-27(18-22-11-13-23(14-12-22)30(33)34-4)20(2)26-16-15-24(31)19-28(26)32(29)25-9-7-6-8-10-25/h5-17,19H,2-3,18H2,1,4H3/b17-5-. The largest absolute Gasteiger partial charge is 0.465 e. The lowest BCUT2D eigenvalue weighted by Gasteiger charge is -2.37. The van der Waals surface area contributed by atoms with E-state index in [0.29, 0.717) is 22.8 Å². The maximum absolute atomic E-state index is 11.9. The van der Waals surface area contributed by atoms with E-state index in [1.165, 1.54) is 7.11 Å². The van der Waals surface area contributed by atoms with Crippen molar-refractivity contribution in [1.82, 2.24) is 0 Å². The molecule has 0 atom stereocenters. The van der Waals surface area contributed by atoms with Crippen molar-refractivity contribution in [2.75, 3.05) is 12.0 Å². The maximum atomic E-state index is 11.9. The van der Waals surface area contributed by atoms with E-state index in [1.807, 2.05) is 73.7 Å². The van der Waals surface area contributed by atoms with Gasteiger partial charge < -0.3 is 14.4 Å². The van der Waals surface area contributed by atoms with E-state index in [0.717, 1.165) is 39.3 Å². The summed E-state index contributed by atoms with van der Waals surface area (Å²) in [5, 5.41) is 0.624. The minimum Gasteiger partial charge on any atom is -0.465 e. The summed E-state index contributed by atoms with van der Waals surface area (Å²) in [5.74, 6) is 0.118. The molecule has 1 heterocycles. The number of methoxy groups -OCH3 is 1. The fourth-order valence-corrected chi connectivity index (χ4v) is 4.29. The van der Waals surface area contributed by atoms with Gasteiger partial charge in [0.2, 0.25) is 0 Å². The van der Waals surface area contributed by atoms with Gasteiger partial charge in [0.1, 0.15) is 5.76 Å². The molecule has 0 saturated heterocycles. The van der Waals surface area contributed by atoms with Crippen molar-refractivity contribution in [1.29, 1.82) is 0 Å². The third-order valence-corrected chi connectivity index (χ3v) is 6.02. The number of halogens is 1. The summed E-state index contributed by atoms with van der Waals surface area (Å²) in [6, 6.07) is 23.2. The summed E-state index contributed by atoms with van der Waals surface area (Å²) in [6.45, 7) is 10.6. The highest BCUT2D eigenvalue weighted by Gasteiger charge is 2.31. The normalized spacial score (nSPS) is 13.1. The van der Waals surface area contributed by atoms with Gasteiger partial charge in [-0.2, -0.15) is 0 Å². The molecule has 3 aromatic rings. The Bertz CT molecular complexity index is 1340. The molecule has 0 saturated carbocycles. The summed E-state index contributed by atoms with van der Waals surface area (Å²) in [6.07, 6.45) is 3.98. The van der Waals surface area contributed by atoms with Crippen LogP contribution in [0.3, 0.4) is 0 Å². The molecule has 0 N–H and O–H groups in total. The van der Waals surface area contributed by atoms with E-state index in [1.54, 1.807) is 18.4 Å². The Kier molecular flexibility index (Phi) is 7.23. The molecule has 0 amide bonds. The molecule has 0 fully saturated rings. The van der Waals surface area contributed by atoms with E-state index in [2.05, 4.69) is 18.1 Å². The molecule has 3 aromatic carbocycles. The van der Waals surface area contributed by atoms with Crippen LogP contribution in [0, 0.1) is 0 Å².